The molecule has 1 aliphatic rings. The fourth-order valence-corrected chi connectivity index (χ4v) is 3.46. The molecule has 1 atom stereocenters. The highest BCUT2D eigenvalue weighted by molar-refractivity contribution is 7.99. The van der Waals surface area contributed by atoms with E-state index in [-0.39, 0.29) is 6.10 Å². The summed E-state index contributed by atoms with van der Waals surface area (Å²) in [5.74, 6) is 1.89. The Morgan fingerprint density at radius 1 is 1.09 bits per heavy atom. The van der Waals surface area contributed by atoms with Gasteiger partial charge < -0.3 is 4.74 Å². The van der Waals surface area contributed by atoms with Crippen LogP contribution in [0.3, 0.4) is 0 Å². The third-order valence-electron chi connectivity index (χ3n) is 3.57. The Labute approximate surface area is 133 Å². The van der Waals surface area contributed by atoms with Crippen LogP contribution in [0, 0.1) is 0 Å². The summed E-state index contributed by atoms with van der Waals surface area (Å²) in [4.78, 5) is 1.21. The van der Waals surface area contributed by atoms with Crippen LogP contribution in [-0.4, -0.2) is 26.9 Å². The second-order valence-corrected chi connectivity index (χ2v) is 6.25. The van der Waals surface area contributed by atoms with Gasteiger partial charge in [-0.3, -0.25) is 0 Å². The van der Waals surface area contributed by atoms with Crippen LogP contribution in [0.4, 0.5) is 0 Å². The smallest absolute Gasteiger partial charge is 0.133 e. The quantitative estimate of drug-likeness (QED) is 0.742. The number of para-hydroxylation sites is 1. The minimum atomic E-state index is 0.116. The predicted octanol–water partition coefficient (Wildman–Crippen LogP) is 3.50. The first-order valence-corrected chi connectivity index (χ1v) is 8.21. The van der Waals surface area contributed by atoms with E-state index in [1.54, 1.807) is 0 Å². The number of ether oxygens (including phenoxy) is 1. The molecule has 4 nitrogen and oxygen atoms in total. The van der Waals surface area contributed by atoms with Crippen molar-refractivity contribution in [1.82, 2.24) is 15.0 Å². The monoisotopic (exact) mass is 309 g/mol. The molecule has 0 radical (unpaired) electrons. The molecular weight excluding hydrogens is 294 g/mol. The second-order valence-electron chi connectivity index (χ2n) is 5.19. The van der Waals surface area contributed by atoms with Crippen molar-refractivity contribution < 1.29 is 4.74 Å². The molecule has 3 aromatic rings. The van der Waals surface area contributed by atoms with Gasteiger partial charge in [0.05, 0.1) is 12.7 Å². The molecule has 0 amide bonds. The standard InChI is InChI=1S/C17H15N3OS/c1-2-6-13(7-3-1)15-11-20(19-18-15)10-14-12-22-17-9-5-4-8-16(17)21-14/h1-9,11,14H,10,12H2. The zero-order valence-electron chi connectivity index (χ0n) is 11.9. The minimum Gasteiger partial charge on any atom is -0.486 e. The first kappa shape index (κ1) is 13.4. The minimum absolute atomic E-state index is 0.116. The van der Waals surface area contributed by atoms with Crippen LogP contribution < -0.4 is 4.74 Å². The van der Waals surface area contributed by atoms with Gasteiger partial charge in [0.15, 0.2) is 0 Å². The van der Waals surface area contributed by atoms with Gasteiger partial charge in [-0.1, -0.05) is 47.7 Å². The zero-order chi connectivity index (χ0) is 14.8. The fraction of sp³-hybridized carbons (Fsp3) is 0.176. The number of nitrogens with zero attached hydrogens (tertiary/aromatic N) is 3. The van der Waals surface area contributed by atoms with Crippen LogP contribution in [0.5, 0.6) is 5.75 Å². The Morgan fingerprint density at radius 3 is 2.82 bits per heavy atom. The molecule has 0 aliphatic carbocycles. The maximum absolute atomic E-state index is 6.04. The van der Waals surface area contributed by atoms with E-state index >= 15 is 0 Å². The van der Waals surface area contributed by atoms with Crippen molar-refractivity contribution in [1.29, 1.82) is 0 Å². The largest absolute Gasteiger partial charge is 0.486 e. The van der Waals surface area contributed by atoms with Crippen molar-refractivity contribution in [2.75, 3.05) is 5.75 Å². The summed E-state index contributed by atoms with van der Waals surface area (Å²) < 4.78 is 7.90. The van der Waals surface area contributed by atoms with Gasteiger partial charge in [0.25, 0.3) is 0 Å². The fourth-order valence-electron chi connectivity index (χ4n) is 2.49. The van der Waals surface area contributed by atoms with Crippen LogP contribution in [0.2, 0.25) is 0 Å². The Bertz CT molecular complexity index is 772. The van der Waals surface area contributed by atoms with Crippen LogP contribution in [-0.2, 0) is 6.54 Å². The summed E-state index contributed by atoms with van der Waals surface area (Å²) in [5, 5.41) is 8.47. The maximum Gasteiger partial charge on any atom is 0.133 e. The molecule has 5 heteroatoms. The van der Waals surface area contributed by atoms with E-state index < -0.39 is 0 Å². The Morgan fingerprint density at radius 2 is 1.91 bits per heavy atom. The van der Waals surface area contributed by atoms with Gasteiger partial charge in [0.2, 0.25) is 0 Å². The van der Waals surface area contributed by atoms with Crippen molar-refractivity contribution in [2.24, 2.45) is 0 Å². The number of benzene rings is 2. The third-order valence-corrected chi connectivity index (χ3v) is 4.75. The summed E-state index contributed by atoms with van der Waals surface area (Å²) in [6.07, 6.45) is 2.09. The van der Waals surface area contributed by atoms with Gasteiger partial charge in [-0.15, -0.1) is 16.9 Å². The van der Waals surface area contributed by atoms with Crippen LogP contribution in [0.25, 0.3) is 11.3 Å². The van der Waals surface area contributed by atoms with Gasteiger partial charge in [0.1, 0.15) is 17.5 Å². The molecule has 22 heavy (non-hydrogen) atoms. The van der Waals surface area contributed by atoms with E-state index in [4.69, 9.17) is 4.74 Å². The molecule has 0 fully saturated rings. The Hall–Kier alpha value is -2.27. The number of hydrogen-bond donors (Lipinski definition) is 0. The molecule has 1 aromatic heterocycles. The van der Waals surface area contributed by atoms with Crippen LogP contribution in [0.15, 0.2) is 65.7 Å². The van der Waals surface area contributed by atoms with Crippen molar-refractivity contribution in [2.45, 2.75) is 17.5 Å². The average Bonchev–Trinajstić information content (AvgIpc) is 3.04. The van der Waals surface area contributed by atoms with E-state index in [1.807, 2.05) is 71.2 Å². The van der Waals surface area contributed by atoms with Crippen molar-refractivity contribution in [3.63, 3.8) is 0 Å². The summed E-state index contributed by atoms with van der Waals surface area (Å²) in [5.41, 5.74) is 1.97. The Kier molecular flexibility index (Phi) is 3.56. The lowest BCUT2D eigenvalue weighted by molar-refractivity contribution is 0.188. The number of fused-ring (bicyclic) bond motifs is 1. The van der Waals surface area contributed by atoms with E-state index in [2.05, 4.69) is 16.4 Å². The molecule has 110 valence electrons. The summed E-state index contributed by atoms with van der Waals surface area (Å²) in [6, 6.07) is 18.3. The number of rotatable bonds is 3. The zero-order valence-corrected chi connectivity index (χ0v) is 12.7. The molecule has 1 unspecified atom stereocenters. The average molecular weight is 309 g/mol. The van der Waals surface area contributed by atoms with E-state index in [0.717, 1.165) is 22.8 Å². The number of aromatic nitrogens is 3. The molecule has 0 spiro atoms. The Balaban J connectivity index is 1.48. The first-order chi connectivity index (χ1) is 10.9. The molecule has 2 heterocycles. The van der Waals surface area contributed by atoms with Crippen LogP contribution in [0.1, 0.15) is 0 Å². The summed E-state index contributed by atoms with van der Waals surface area (Å²) >= 11 is 1.83. The van der Waals surface area contributed by atoms with Gasteiger partial charge in [-0.25, -0.2) is 4.68 Å². The highest BCUT2D eigenvalue weighted by Gasteiger charge is 2.20. The second kappa shape index (κ2) is 5.85. The van der Waals surface area contributed by atoms with Gasteiger partial charge in [-0.2, -0.15) is 0 Å². The first-order valence-electron chi connectivity index (χ1n) is 7.22. The molecule has 2 aromatic carbocycles. The predicted molar refractivity (Wildman–Crippen MR) is 87.0 cm³/mol. The molecular formula is C17H15N3OS. The normalized spacial score (nSPS) is 16.8. The van der Waals surface area contributed by atoms with Crippen molar-refractivity contribution >= 4 is 11.8 Å². The molecule has 0 saturated carbocycles. The van der Waals surface area contributed by atoms with E-state index in [1.165, 1.54) is 4.90 Å². The molecule has 1 aliphatic heterocycles. The topological polar surface area (TPSA) is 39.9 Å². The lowest BCUT2D eigenvalue weighted by Crippen LogP contribution is -2.28. The molecule has 4 rings (SSSR count). The third kappa shape index (κ3) is 2.72. The van der Waals surface area contributed by atoms with Crippen molar-refractivity contribution in [3.05, 3.63) is 60.8 Å². The molecule has 0 N–H and O–H groups in total. The van der Waals surface area contributed by atoms with Crippen molar-refractivity contribution in [3.8, 4) is 17.0 Å². The SMILES string of the molecule is c1ccc(-c2cn(CC3CSc4ccccc4O3)nn2)cc1. The highest BCUT2D eigenvalue weighted by atomic mass is 32.2. The van der Waals surface area contributed by atoms with Gasteiger partial charge in [0, 0.05) is 16.2 Å². The van der Waals surface area contributed by atoms with E-state index in [9.17, 15) is 0 Å². The maximum atomic E-state index is 6.04. The summed E-state index contributed by atoms with van der Waals surface area (Å²) in [6.45, 7) is 0.709. The highest BCUT2D eigenvalue weighted by Crippen LogP contribution is 2.35. The van der Waals surface area contributed by atoms with Gasteiger partial charge >= 0.3 is 0 Å². The lowest BCUT2D eigenvalue weighted by Gasteiger charge is -2.25. The van der Waals surface area contributed by atoms with E-state index in [0.29, 0.717) is 6.54 Å². The van der Waals surface area contributed by atoms with Crippen LogP contribution >= 0.6 is 11.8 Å². The van der Waals surface area contributed by atoms with Gasteiger partial charge in [-0.05, 0) is 12.1 Å². The molecule has 0 saturated heterocycles. The molecule has 0 bridgehead atoms. The summed E-state index contributed by atoms with van der Waals surface area (Å²) in [7, 11) is 0. The number of thioether (sulfide) groups is 1. The number of hydrogen-bond acceptors (Lipinski definition) is 4. The lowest BCUT2D eigenvalue weighted by atomic mass is 10.2.